The Balaban J connectivity index is 2.58. The number of amides is 1. The van der Waals surface area contributed by atoms with Crippen molar-refractivity contribution in [2.75, 3.05) is 13.2 Å². The Morgan fingerprint density at radius 2 is 2.00 bits per heavy atom. The van der Waals surface area contributed by atoms with Gasteiger partial charge in [-0.3, -0.25) is 5.10 Å². The average molecular weight is 297 g/mol. The van der Waals surface area contributed by atoms with Gasteiger partial charge in [0, 0.05) is 17.8 Å². The molecule has 0 atom stereocenters. The molecular weight excluding hydrogens is 274 g/mol. The van der Waals surface area contributed by atoms with E-state index < -0.39 is 17.7 Å². The molecule has 0 aliphatic carbocycles. The Morgan fingerprint density at radius 1 is 1.33 bits per heavy atom. The Bertz CT molecular complexity index is 503. The number of H-pyrrole nitrogens is 1. The van der Waals surface area contributed by atoms with Crippen LogP contribution in [0.25, 0.3) is 0 Å². The first-order valence-electron chi connectivity index (χ1n) is 6.92. The number of carbonyl (C=O) groups excluding carboxylic acids is 2. The van der Waals surface area contributed by atoms with Crippen LogP contribution in [0.3, 0.4) is 0 Å². The summed E-state index contributed by atoms with van der Waals surface area (Å²) in [6.07, 6.45) is -0.0169. The van der Waals surface area contributed by atoms with Crippen molar-refractivity contribution in [3.8, 4) is 0 Å². The Hall–Kier alpha value is -2.05. The van der Waals surface area contributed by atoms with Crippen molar-refractivity contribution in [2.45, 2.75) is 46.6 Å². The van der Waals surface area contributed by atoms with Crippen LogP contribution in [0.4, 0.5) is 4.79 Å². The topological polar surface area (TPSA) is 93.3 Å². The number of ether oxygens (including phenoxy) is 2. The number of nitrogens with zero attached hydrogens (tertiary/aromatic N) is 1. The summed E-state index contributed by atoms with van der Waals surface area (Å²) in [7, 11) is 0. The van der Waals surface area contributed by atoms with Gasteiger partial charge in [-0.25, -0.2) is 9.59 Å². The molecule has 1 amide bonds. The molecule has 1 aromatic heterocycles. The fourth-order valence-corrected chi connectivity index (χ4v) is 1.73. The van der Waals surface area contributed by atoms with Crippen molar-refractivity contribution < 1.29 is 19.1 Å². The van der Waals surface area contributed by atoms with Crippen molar-refractivity contribution in [2.24, 2.45) is 0 Å². The second-order valence-corrected chi connectivity index (χ2v) is 5.57. The number of carbonyl (C=O) groups is 2. The molecule has 0 aliphatic heterocycles. The molecule has 1 rings (SSSR count). The number of hydrogen-bond donors (Lipinski definition) is 2. The van der Waals surface area contributed by atoms with Crippen LogP contribution in [0.2, 0.25) is 0 Å². The third-order valence-electron chi connectivity index (χ3n) is 2.59. The molecule has 1 heterocycles. The van der Waals surface area contributed by atoms with Crippen molar-refractivity contribution in [1.29, 1.82) is 0 Å². The van der Waals surface area contributed by atoms with E-state index in [1.165, 1.54) is 0 Å². The van der Waals surface area contributed by atoms with E-state index in [9.17, 15) is 9.59 Å². The van der Waals surface area contributed by atoms with Gasteiger partial charge in [0.2, 0.25) is 0 Å². The highest BCUT2D eigenvalue weighted by atomic mass is 16.6. The van der Waals surface area contributed by atoms with Crippen LogP contribution in [-0.4, -0.2) is 41.0 Å². The maximum absolute atomic E-state index is 11.7. The molecule has 0 saturated heterocycles. The minimum absolute atomic E-state index is 0.264. The zero-order chi connectivity index (χ0) is 16.0. The van der Waals surface area contributed by atoms with Gasteiger partial charge in [-0.2, -0.15) is 5.10 Å². The van der Waals surface area contributed by atoms with Crippen LogP contribution in [0, 0.1) is 6.92 Å². The van der Waals surface area contributed by atoms with Crippen molar-refractivity contribution >= 4 is 12.1 Å². The lowest BCUT2D eigenvalue weighted by molar-refractivity contribution is 0.0516. The summed E-state index contributed by atoms with van der Waals surface area (Å²) in [6.45, 7) is 9.59. The van der Waals surface area contributed by atoms with E-state index in [1.807, 2.05) is 6.92 Å². The number of rotatable bonds is 5. The van der Waals surface area contributed by atoms with Crippen LogP contribution in [-0.2, 0) is 15.9 Å². The minimum Gasteiger partial charge on any atom is -0.461 e. The van der Waals surface area contributed by atoms with E-state index in [0.29, 0.717) is 19.6 Å². The minimum atomic E-state index is -0.536. The highest BCUT2D eigenvalue weighted by molar-refractivity contribution is 5.89. The van der Waals surface area contributed by atoms with E-state index in [2.05, 4.69) is 15.5 Å². The third kappa shape index (κ3) is 5.45. The molecule has 21 heavy (non-hydrogen) atoms. The maximum Gasteiger partial charge on any atom is 0.407 e. The summed E-state index contributed by atoms with van der Waals surface area (Å²) in [5, 5.41) is 9.35. The molecular formula is C14H23N3O4. The summed E-state index contributed by atoms with van der Waals surface area (Å²) < 4.78 is 10.1. The second kappa shape index (κ2) is 7.10. The van der Waals surface area contributed by atoms with Gasteiger partial charge in [-0.1, -0.05) is 0 Å². The normalized spacial score (nSPS) is 11.1. The largest absolute Gasteiger partial charge is 0.461 e. The summed E-state index contributed by atoms with van der Waals surface area (Å²) >= 11 is 0. The smallest absolute Gasteiger partial charge is 0.407 e. The van der Waals surface area contributed by atoms with E-state index in [0.717, 1.165) is 11.3 Å². The molecule has 0 bridgehead atoms. The quantitative estimate of drug-likeness (QED) is 0.810. The van der Waals surface area contributed by atoms with Crippen LogP contribution >= 0.6 is 0 Å². The van der Waals surface area contributed by atoms with Gasteiger partial charge >= 0.3 is 12.1 Å². The maximum atomic E-state index is 11.7. The lowest BCUT2D eigenvalue weighted by atomic mass is 10.1. The summed E-state index contributed by atoms with van der Waals surface area (Å²) in [5.41, 5.74) is 1.25. The van der Waals surface area contributed by atoms with Gasteiger partial charge in [-0.15, -0.1) is 0 Å². The van der Waals surface area contributed by atoms with Gasteiger partial charge in [0.25, 0.3) is 0 Å². The van der Waals surface area contributed by atoms with E-state index in [4.69, 9.17) is 9.47 Å². The Kier molecular flexibility index (Phi) is 5.75. The standard InChI is InChI=1S/C14H23N3O4/c1-6-20-12(18)11-10(9(2)16-17-11)7-8-15-13(19)21-14(3,4)5/h6-8H2,1-5H3,(H,15,19)(H,16,17). The predicted molar refractivity (Wildman–Crippen MR) is 77.2 cm³/mol. The van der Waals surface area contributed by atoms with Gasteiger partial charge in [0.1, 0.15) is 5.60 Å². The van der Waals surface area contributed by atoms with Gasteiger partial charge < -0.3 is 14.8 Å². The highest BCUT2D eigenvalue weighted by Crippen LogP contribution is 2.12. The molecule has 7 nitrogen and oxygen atoms in total. The Labute approximate surface area is 124 Å². The zero-order valence-corrected chi connectivity index (χ0v) is 13.2. The van der Waals surface area contributed by atoms with Gasteiger partial charge in [-0.05, 0) is 41.0 Å². The lowest BCUT2D eigenvalue weighted by Gasteiger charge is -2.19. The van der Waals surface area contributed by atoms with E-state index >= 15 is 0 Å². The molecule has 0 spiro atoms. The number of nitrogens with one attached hydrogen (secondary N) is 2. The second-order valence-electron chi connectivity index (χ2n) is 5.57. The number of esters is 1. The number of alkyl carbamates (subject to hydrolysis) is 1. The summed E-state index contributed by atoms with van der Waals surface area (Å²) in [4.78, 5) is 23.3. The van der Waals surface area contributed by atoms with Gasteiger partial charge in [0.05, 0.1) is 6.61 Å². The van der Waals surface area contributed by atoms with Crippen LogP contribution in [0.5, 0.6) is 0 Å². The van der Waals surface area contributed by atoms with Crippen LogP contribution in [0.1, 0.15) is 49.4 Å². The molecule has 0 aliphatic rings. The van der Waals surface area contributed by atoms with Crippen LogP contribution in [0.15, 0.2) is 0 Å². The van der Waals surface area contributed by atoms with E-state index in [-0.39, 0.29) is 5.69 Å². The molecule has 118 valence electrons. The number of aromatic nitrogens is 2. The SMILES string of the molecule is CCOC(=O)c1n[nH]c(C)c1CCNC(=O)OC(C)(C)C. The highest BCUT2D eigenvalue weighted by Gasteiger charge is 2.19. The van der Waals surface area contributed by atoms with Gasteiger partial charge in [0.15, 0.2) is 5.69 Å². The fraction of sp³-hybridized carbons (Fsp3) is 0.643. The molecule has 0 fully saturated rings. The van der Waals surface area contributed by atoms with E-state index in [1.54, 1.807) is 27.7 Å². The molecule has 2 N–H and O–H groups in total. The molecule has 0 aromatic carbocycles. The first kappa shape index (κ1) is 17.0. The van der Waals surface area contributed by atoms with Crippen molar-refractivity contribution in [3.05, 3.63) is 17.0 Å². The predicted octanol–water partition coefficient (Wildman–Crippen LogP) is 1.96. The third-order valence-corrected chi connectivity index (χ3v) is 2.59. The molecule has 7 heteroatoms. The monoisotopic (exact) mass is 297 g/mol. The fourth-order valence-electron chi connectivity index (χ4n) is 1.73. The molecule has 0 saturated carbocycles. The number of aromatic amines is 1. The lowest BCUT2D eigenvalue weighted by Crippen LogP contribution is -2.33. The summed E-state index contributed by atoms with van der Waals surface area (Å²) in [5.74, 6) is -0.464. The van der Waals surface area contributed by atoms with Crippen molar-refractivity contribution in [1.82, 2.24) is 15.5 Å². The first-order valence-corrected chi connectivity index (χ1v) is 6.92. The summed E-state index contributed by atoms with van der Waals surface area (Å²) in [6, 6.07) is 0. The zero-order valence-electron chi connectivity index (χ0n) is 13.2. The molecule has 0 unspecified atom stereocenters. The first-order chi connectivity index (χ1) is 9.74. The van der Waals surface area contributed by atoms with Crippen LogP contribution < -0.4 is 5.32 Å². The van der Waals surface area contributed by atoms with Crippen molar-refractivity contribution in [3.63, 3.8) is 0 Å². The Morgan fingerprint density at radius 3 is 2.57 bits per heavy atom. The number of hydrogen-bond acceptors (Lipinski definition) is 5. The average Bonchev–Trinajstić information content (AvgIpc) is 2.69. The molecule has 1 aromatic rings. The molecule has 0 radical (unpaired) electrons. The number of aryl methyl sites for hydroxylation is 1.